The van der Waals surface area contributed by atoms with Crippen LogP contribution in [0.15, 0.2) is 16.8 Å². The number of rotatable bonds is 8. The van der Waals surface area contributed by atoms with Gasteiger partial charge < -0.3 is 25.7 Å². The van der Waals surface area contributed by atoms with Crippen LogP contribution in [0.1, 0.15) is 79.1 Å². The molecule has 0 aliphatic heterocycles. The number of nitrogens with zero attached hydrogens (tertiary/aromatic N) is 1. The van der Waals surface area contributed by atoms with Crippen LogP contribution in [0.3, 0.4) is 0 Å². The minimum atomic E-state index is -1.12. The average molecular weight is 542 g/mol. The smallest absolute Gasteiger partial charge is 0.326 e. The maximum atomic E-state index is 12.1. The maximum Gasteiger partial charge on any atom is 0.326 e. The molecule has 0 bridgehead atoms. The number of nitrogens with one attached hydrogen (secondary N) is 2. The van der Waals surface area contributed by atoms with Crippen molar-refractivity contribution in [3.63, 3.8) is 0 Å². The first-order valence-electron chi connectivity index (χ1n) is 14.2. The Bertz CT molecular complexity index is 1110. The first-order valence-corrected chi connectivity index (χ1v) is 14.2. The molecule has 0 saturated heterocycles. The Morgan fingerprint density at radius 3 is 2.51 bits per heavy atom. The quantitative estimate of drug-likeness (QED) is 0.275. The molecule has 3 fully saturated rings. The number of oxime groups is 1. The van der Waals surface area contributed by atoms with Crippen molar-refractivity contribution in [3.05, 3.63) is 11.6 Å². The lowest BCUT2D eigenvalue weighted by molar-refractivity contribution is -0.143. The number of aliphatic hydroxyl groups is 1. The van der Waals surface area contributed by atoms with Gasteiger partial charge in [0, 0.05) is 5.41 Å². The van der Waals surface area contributed by atoms with Crippen LogP contribution in [0.25, 0.3) is 0 Å². The second-order valence-electron chi connectivity index (χ2n) is 12.8. The van der Waals surface area contributed by atoms with Gasteiger partial charge in [-0.25, -0.2) is 4.79 Å². The number of carboxylic acids is 1. The molecule has 0 aromatic carbocycles. The zero-order valence-electron chi connectivity index (χ0n) is 23.6. The summed E-state index contributed by atoms with van der Waals surface area (Å²) in [5.41, 5.74) is 1.10. The number of amides is 2. The summed E-state index contributed by atoms with van der Waals surface area (Å²) in [6.07, 6.45) is 15.5. The van der Waals surface area contributed by atoms with Crippen LogP contribution >= 0.6 is 0 Å². The van der Waals surface area contributed by atoms with Crippen LogP contribution < -0.4 is 10.6 Å². The van der Waals surface area contributed by atoms with E-state index in [1.807, 2.05) is 0 Å². The standard InChI is InChI=1S/C30H43N3O6/c1-6-30(38)14-11-23-21-8-7-19-15-20(9-12-28(19,4)22(21)10-13-29(23,30)5)33-39-17-25(35)31-16-24(34)32-26(18(2)3)27(36)37/h1,15,18,21-23,26,38H,7-14,16-17H2,2-5H3,(H,31,35)(H,32,34)(H,36,37)/t21-,22+,23-,26-,28+,29+,30+/m1/s1. The number of hydrogen-bond donors (Lipinski definition) is 4. The van der Waals surface area contributed by atoms with Crippen LogP contribution in [-0.2, 0) is 19.2 Å². The molecule has 9 nitrogen and oxygen atoms in total. The number of carbonyl (C=O) groups excluding carboxylic acids is 2. The van der Waals surface area contributed by atoms with Gasteiger partial charge in [-0.3, -0.25) is 9.59 Å². The summed E-state index contributed by atoms with van der Waals surface area (Å²) in [5, 5.41) is 29.4. The van der Waals surface area contributed by atoms with Gasteiger partial charge in [-0.15, -0.1) is 6.42 Å². The molecule has 0 aromatic rings. The molecule has 0 spiro atoms. The predicted octanol–water partition coefficient (Wildman–Crippen LogP) is 3.03. The zero-order valence-corrected chi connectivity index (χ0v) is 23.6. The second kappa shape index (κ2) is 11.0. The average Bonchev–Trinajstić information content (AvgIpc) is 3.16. The highest BCUT2D eigenvalue weighted by Gasteiger charge is 2.63. The number of hydrogen-bond acceptors (Lipinski definition) is 6. The summed E-state index contributed by atoms with van der Waals surface area (Å²) < 4.78 is 0. The Morgan fingerprint density at radius 1 is 1.13 bits per heavy atom. The Labute approximate surface area is 231 Å². The molecule has 0 unspecified atom stereocenters. The highest BCUT2D eigenvalue weighted by atomic mass is 16.6. The molecule has 7 atom stereocenters. The Balaban J connectivity index is 1.31. The first kappa shape index (κ1) is 29.1. The van der Waals surface area contributed by atoms with E-state index >= 15 is 0 Å². The van der Waals surface area contributed by atoms with Crippen molar-refractivity contribution < 1.29 is 29.4 Å². The number of fused-ring (bicyclic) bond motifs is 5. The summed E-state index contributed by atoms with van der Waals surface area (Å²) in [4.78, 5) is 40.6. The van der Waals surface area contributed by atoms with Crippen molar-refractivity contribution >= 4 is 23.5 Å². The van der Waals surface area contributed by atoms with Crippen LogP contribution in [0.2, 0.25) is 0 Å². The molecule has 0 radical (unpaired) electrons. The number of aliphatic carboxylic acids is 1. The fourth-order valence-corrected chi connectivity index (χ4v) is 8.04. The third-order valence-corrected chi connectivity index (χ3v) is 10.4. The molecule has 4 rings (SSSR count). The van der Waals surface area contributed by atoms with Crippen LogP contribution in [0, 0.1) is 46.8 Å². The van der Waals surface area contributed by atoms with Crippen molar-refractivity contribution in [2.24, 2.45) is 39.7 Å². The van der Waals surface area contributed by atoms with Gasteiger partial charge in [0.25, 0.3) is 5.91 Å². The molecular weight excluding hydrogens is 498 g/mol. The summed E-state index contributed by atoms with van der Waals surface area (Å²) in [5.74, 6) is 1.85. The zero-order chi connectivity index (χ0) is 28.6. The minimum absolute atomic E-state index is 0.0919. The van der Waals surface area contributed by atoms with Gasteiger partial charge in [-0.2, -0.15) is 0 Å². The summed E-state index contributed by atoms with van der Waals surface area (Å²) in [7, 11) is 0. The maximum absolute atomic E-state index is 12.1. The summed E-state index contributed by atoms with van der Waals surface area (Å²) in [6.45, 7) is 7.31. The molecule has 214 valence electrons. The van der Waals surface area contributed by atoms with E-state index < -0.39 is 29.4 Å². The minimum Gasteiger partial charge on any atom is -0.480 e. The van der Waals surface area contributed by atoms with E-state index in [0.717, 1.165) is 50.7 Å². The molecule has 9 heteroatoms. The van der Waals surface area contributed by atoms with Gasteiger partial charge in [0.1, 0.15) is 11.6 Å². The molecule has 39 heavy (non-hydrogen) atoms. The molecule has 2 amide bonds. The summed E-state index contributed by atoms with van der Waals surface area (Å²) >= 11 is 0. The van der Waals surface area contributed by atoms with Crippen LogP contribution in [0.5, 0.6) is 0 Å². The SMILES string of the molecule is C#C[C@]1(O)CC[C@@H]2[C@@H]3CCC4=CC(=NOCC(=O)NCC(=O)N[C@@H](C(=O)O)C(C)C)CC[C@]4(C)[C@H]3CC[C@@]21C. The van der Waals surface area contributed by atoms with E-state index in [2.05, 4.69) is 41.6 Å². The normalized spacial score (nSPS) is 37.0. The van der Waals surface area contributed by atoms with Crippen LogP contribution in [0.4, 0.5) is 0 Å². The molecule has 4 N–H and O–H groups in total. The second-order valence-corrected chi connectivity index (χ2v) is 12.8. The van der Waals surface area contributed by atoms with Gasteiger partial charge in [-0.1, -0.05) is 44.3 Å². The van der Waals surface area contributed by atoms with Crippen molar-refractivity contribution in [1.82, 2.24) is 10.6 Å². The van der Waals surface area contributed by atoms with Crippen molar-refractivity contribution in [2.75, 3.05) is 13.2 Å². The molecule has 3 saturated carbocycles. The number of carboxylic acid groups (broad SMARTS) is 1. The number of carbonyl (C=O) groups is 3. The van der Waals surface area contributed by atoms with Gasteiger partial charge in [0.2, 0.25) is 5.91 Å². The van der Waals surface area contributed by atoms with Crippen molar-refractivity contribution in [1.29, 1.82) is 0 Å². The van der Waals surface area contributed by atoms with Crippen molar-refractivity contribution in [3.8, 4) is 12.3 Å². The third-order valence-electron chi connectivity index (χ3n) is 10.4. The molecule has 4 aliphatic carbocycles. The van der Waals surface area contributed by atoms with Crippen LogP contribution in [-0.4, -0.2) is 58.5 Å². The first-order chi connectivity index (χ1) is 18.3. The Hall–Kier alpha value is -2.86. The highest BCUT2D eigenvalue weighted by molar-refractivity contribution is 5.96. The van der Waals surface area contributed by atoms with E-state index in [0.29, 0.717) is 24.2 Å². The third kappa shape index (κ3) is 5.32. The van der Waals surface area contributed by atoms with Gasteiger partial charge >= 0.3 is 5.97 Å². The van der Waals surface area contributed by atoms with Gasteiger partial charge in [0.05, 0.1) is 12.3 Å². The van der Waals surface area contributed by atoms with Crippen molar-refractivity contribution in [2.45, 2.75) is 90.7 Å². The Morgan fingerprint density at radius 2 is 1.85 bits per heavy atom. The summed E-state index contributed by atoms with van der Waals surface area (Å²) in [6, 6.07) is -1.01. The largest absolute Gasteiger partial charge is 0.480 e. The fraction of sp³-hybridized carbons (Fsp3) is 0.733. The van der Waals surface area contributed by atoms with Gasteiger partial charge in [0.15, 0.2) is 6.61 Å². The van der Waals surface area contributed by atoms with E-state index in [9.17, 15) is 24.6 Å². The lowest BCUT2D eigenvalue weighted by atomic mass is 9.46. The van der Waals surface area contributed by atoms with E-state index in [1.165, 1.54) is 5.57 Å². The molecular formula is C30H43N3O6. The molecule has 0 aromatic heterocycles. The topological polar surface area (TPSA) is 137 Å². The predicted molar refractivity (Wildman–Crippen MR) is 146 cm³/mol. The lowest BCUT2D eigenvalue weighted by Gasteiger charge is -2.58. The van der Waals surface area contributed by atoms with E-state index in [1.54, 1.807) is 13.8 Å². The van der Waals surface area contributed by atoms with E-state index in [4.69, 9.17) is 11.3 Å². The molecule has 0 heterocycles. The monoisotopic (exact) mass is 541 g/mol. The Kier molecular flexibility index (Phi) is 8.18. The van der Waals surface area contributed by atoms with E-state index in [-0.39, 0.29) is 29.9 Å². The fourth-order valence-electron chi connectivity index (χ4n) is 8.04. The number of allylic oxidation sites excluding steroid dienone is 2. The number of terminal acetylenes is 1. The molecule has 4 aliphatic rings. The van der Waals surface area contributed by atoms with Gasteiger partial charge in [-0.05, 0) is 86.5 Å². The highest BCUT2D eigenvalue weighted by Crippen LogP contribution is 2.67. The lowest BCUT2D eigenvalue weighted by Crippen LogP contribution is -2.54.